The molecule has 0 saturated carbocycles. The van der Waals surface area contributed by atoms with E-state index in [1.165, 1.54) is 0 Å². The lowest BCUT2D eigenvalue weighted by molar-refractivity contribution is 0.798. The van der Waals surface area contributed by atoms with E-state index in [1.54, 1.807) is 12.4 Å². The van der Waals surface area contributed by atoms with Crippen molar-refractivity contribution in [2.75, 3.05) is 0 Å². The lowest BCUT2D eigenvalue weighted by Crippen LogP contribution is -2.05. The summed E-state index contributed by atoms with van der Waals surface area (Å²) in [6, 6.07) is 3.89. The van der Waals surface area contributed by atoms with E-state index in [0.717, 1.165) is 21.7 Å². The molecule has 2 N–H and O–H groups in total. The normalized spacial score (nSPS) is 10.6. The number of pyridine rings is 1. The summed E-state index contributed by atoms with van der Waals surface area (Å²) >= 11 is 3.44. The molecule has 0 atom stereocenters. The number of aromatic nitrogens is 3. The molecule has 0 aliphatic rings. The van der Waals surface area contributed by atoms with Crippen LogP contribution in [0.15, 0.2) is 29.1 Å². The Morgan fingerprint density at radius 3 is 2.60 bits per heavy atom. The maximum absolute atomic E-state index is 5.59. The van der Waals surface area contributed by atoms with Crippen LogP contribution >= 0.6 is 15.9 Å². The molecule has 2 heterocycles. The number of rotatable bonds is 2. The lowest BCUT2D eigenvalue weighted by atomic mass is 10.2. The van der Waals surface area contributed by atoms with E-state index in [2.05, 4.69) is 25.9 Å². The summed E-state index contributed by atoms with van der Waals surface area (Å²) in [6.07, 6.45) is 3.52. The first-order chi connectivity index (χ1) is 7.24. The van der Waals surface area contributed by atoms with Crippen LogP contribution in [0.4, 0.5) is 0 Å². The van der Waals surface area contributed by atoms with Crippen molar-refractivity contribution in [1.82, 2.24) is 14.5 Å². The largest absolute Gasteiger partial charge is 0.329 e. The minimum absolute atomic E-state index is 0.431. The molecule has 0 fully saturated rings. The monoisotopic (exact) mass is 266 g/mol. The summed E-state index contributed by atoms with van der Waals surface area (Å²) in [5.74, 6) is 0.855. The maximum Gasteiger partial charge on any atom is 0.132 e. The van der Waals surface area contributed by atoms with Crippen LogP contribution in [0.2, 0.25) is 0 Å². The van der Waals surface area contributed by atoms with Crippen LogP contribution in [0.1, 0.15) is 5.82 Å². The molecule has 0 radical (unpaired) electrons. The number of nitrogens with two attached hydrogens (primary N) is 1. The van der Waals surface area contributed by atoms with E-state index in [9.17, 15) is 0 Å². The third-order valence-corrected chi connectivity index (χ3v) is 2.83. The van der Waals surface area contributed by atoms with Crippen LogP contribution in [-0.4, -0.2) is 14.5 Å². The van der Waals surface area contributed by atoms with Gasteiger partial charge in [0.2, 0.25) is 0 Å². The van der Waals surface area contributed by atoms with E-state index in [-0.39, 0.29) is 0 Å². The highest BCUT2D eigenvalue weighted by Crippen LogP contribution is 2.27. The average molecular weight is 267 g/mol. The Balaban J connectivity index is 2.58. The van der Waals surface area contributed by atoms with Gasteiger partial charge in [-0.2, -0.15) is 0 Å². The van der Waals surface area contributed by atoms with E-state index >= 15 is 0 Å². The molecule has 0 aliphatic heterocycles. The Hall–Kier alpha value is -1.20. The third-order valence-electron chi connectivity index (χ3n) is 2.28. The van der Waals surface area contributed by atoms with Crippen LogP contribution < -0.4 is 5.73 Å². The van der Waals surface area contributed by atoms with Crippen LogP contribution in [-0.2, 0) is 13.6 Å². The van der Waals surface area contributed by atoms with Gasteiger partial charge in [0.15, 0.2) is 0 Å². The second-order valence-electron chi connectivity index (χ2n) is 3.17. The number of hydrogen-bond donors (Lipinski definition) is 1. The minimum Gasteiger partial charge on any atom is -0.329 e. The Kier molecular flexibility index (Phi) is 2.83. The van der Waals surface area contributed by atoms with E-state index < -0.39 is 0 Å². The van der Waals surface area contributed by atoms with Gasteiger partial charge in [-0.1, -0.05) is 0 Å². The summed E-state index contributed by atoms with van der Waals surface area (Å²) in [6.45, 7) is 0.431. The van der Waals surface area contributed by atoms with Crippen molar-refractivity contribution in [3.8, 4) is 11.3 Å². The molecular formula is C10H11BrN4. The second kappa shape index (κ2) is 4.12. The highest BCUT2D eigenvalue weighted by Gasteiger charge is 2.12. The topological polar surface area (TPSA) is 56.7 Å². The van der Waals surface area contributed by atoms with Crippen molar-refractivity contribution in [3.05, 3.63) is 35.0 Å². The molecule has 0 amide bonds. The van der Waals surface area contributed by atoms with Crippen LogP contribution in [0, 0.1) is 0 Å². The zero-order valence-electron chi connectivity index (χ0n) is 8.31. The van der Waals surface area contributed by atoms with Crippen LogP contribution in [0.25, 0.3) is 11.3 Å². The summed E-state index contributed by atoms with van der Waals surface area (Å²) < 4.78 is 2.80. The molecule has 2 aromatic heterocycles. The molecule has 0 bridgehead atoms. The van der Waals surface area contributed by atoms with Gasteiger partial charge in [-0.05, 0) is 28.1 Å². The van der Waals surface area contributed by atoms with Crippen molar-refractivity contribution in [1.29, 1.82) is 0 Å². The average Bonchev–Trinajstić information content (AvgIpc) is 2.55. The molecule has 0 spiro atoms. The zero-order chi connectivity index (χ0) is 10.8. The predicted molar refractivity (Wildman–Crippen MR) is 62.0 cm³/mol. The van der Waals surface area contributed by atoms with Gasteiger partial charge in [-0.3, -0.25) is 4.98 Å². The lowest BCUT2D eigenvalue weighted by Gasteiger charge is -2.04. The summed E-state index contributed by atoms with van der Waals surface area (Å²) in [7, 11) is 1.95. The van der Waals surface area contributed by atoms with Crippen LogP contribution in [0.5, 0.6) is 0 Å². The van der Waals surface area contributed by atoms with E-state index in [4.69, 9.17) is 5.73 Å². The predicted octanol–water partition coefficient (Wildman–Crippen LogP) is 1.70. The van der Waals surface area contributed by atoms with E-state index in [1.807, 2.05) is 23.7 Å². The first-order valence-corrected chi connectivity index (χ1v) is 5.35. The molecule has 4 nitrogen and oxygen atoms in total. The zero-order valence-corrected chi connectivity index (χ0v) is 9.90. The van der Waals surface area contributed by atoms with Crippen molar-refractivity contribution in [2.45, 2.75) is 6.54 Å². The fourth-order valence-corrected chi connectivity index (χ4v) is 2.21. The smallest absolute Gasteiger partial charge is 0.132 e. The number of hydrogen-bond acceptors (Lipinski definition) is 3. The van der Waals surface area contributed by atoms with E-state index in [0.29, 0.717) is 6.54 Å². The van der Waals surface area contributed by atoms with Gasteiger partial charge < -0.3 is 10.3 Å². The van der Waals surface area contributed by atoms with Gasteiger partial charge in [0.1, 0.15) is 10.4 Å². The minimum atomic E-state index is 0.431. The Morgan fingerprint density at radius 1 is 1.40 bits per heavy atom. The fraction of sp³-hybridized carbons (Fsp3) is 0.200. The van der Waals surface area contributed by atoms with Crippen molar-refractivity contribution in [3.63, 3.8) is 0 Å². The standard InChI is InChI=1S/C10H11BrN4/c1-15-8(6-12)14-10(11)9(15)7-2-4-13-5-3-7/h2-5H,6,12H2,1H3. The first-order valence-electron chi connectivity index (χ1n) is 4.55. The Labute approximate surface area is 96.3 Å². The number of halogens is 1. The molecule has 0 unspecified atom stereocenters. The van der Waals surface area contributed by atoms with Gasteiger partial charge in [0.25, 0.3) is 0 Å². The van der Waals surface area contributed by atoms with Gasteiger partial charge in [0, 0.05) is 25.0 Å². The fourth-order valence-electron chi connectivity index (χ4n) is 1.51. The summed E-state index contributed by atoms with van der Waals surface area (Å²) in [5.41, 5.74) is 7.70. The SMILES string of the molecule is Cn1c(CN)nc(Br)c1-c1ccncc1. The molecule has 2 rings (SSSR count). The molecular weight excluding hydrogens is 256 g/mol. The van der Waals surface area contributed by atoms with Crippen molar-refractivity contribution < 1.29 is 0 Å². The molecule has 78 valence electrons. The molecule has 5 heteroatoms. The third kappa shape index (κ3) is 1.80. The highest BCUT2D eigenvalue weighted by atomic mass is 79.9. The van der Waals surface area contributed by atoms with Crippen molar-refractivity contribution >= 4 is 15.9 Å². The van der Waals surface area contributed by atoms with Gasteiger partial charge in [-0.25, -0.2) is 4.98 Å². The van der Waals surface area contributed by atoms with Gasteiger partial charge in [-0.15, -0.1) is 0 Å². The second-order valence-corrected chi connectivity index (χ2v) is 3.92. The van der Waals surface area contributed by atoms with Gasteiger partial charge in [0.05, 0.1) is 12.2 Å². The van der Waals surface area contributed by atoms with Crippen molar-refractivity contribution in [2.24, 2.45) is 12.8 Å². The molecule has 0 aliphatic carbocycles. The number of imidazole rings is 1. The maximum atomic E-state index is 5.59. The highest BCUT2D eigenvalue weighted by molar-refractivity contribution is 9.10. The molecule has 15 heavy (non-hydrogen) atoms. The Morgan fingerprint density at radius 2 is 2.07 bits per heavy atom. The van der Waals surface area contributed by atoms with Crippen LogP contribution in [0.3, 0.4) is 0 Å². The molecule has 0 saturated heterocycles. The summed E-state index contributed by atoms with van der Waals surface area (Å²) in [4.78, 5) is 8.33. The Bertz CT molecular complexity index is 464. The summed E-state index contributed by atoms with van der Waals surface area (Å²) in [5, 5.41) is 0. The number of nitrogens with zero attached hydrogens (tertiary/aromatic N) is 3. The first kappa shape index (κ1) is 10.3. The molecule has 2 aromatic rings. The molecule has 0 aromatic carbocycles. The van der Waals surface area contributed by atoms with Gasteiger partial charge >= 0.3 is 0 Å². The quantitative estimate of drug-likeness (QED) is 0.901.